The lowest BCUT2D eigenvalue weighted by Crippen LogP contribution is -2.18. The van der Waals surface area contributed by atoms with Gasteiger partial charge in [-0.2, -0.15) is 5.10 Å². The SMILES string of the molecule is O=C(NN=Cc1ccc(F)cc1)c1cccc(NC(=O)c2cccc([N+](=O)[O-])c2)c1. The van der Waals surface area contributed by atoms with E-state index in [9.17, 15) is 24.1 Å². The first-order valence-electron chi connectivity index (χ1n) is 8.67. The molecule has 2 amide bonds. The Morgan fingerprint density at radius 2 is 1.60 bits per heavy atom. The molecule has 0 aliphatic carbocycles. The number of hydrogen-bond acceptors (Lipinski definition) is 5. The van der Waals surface area contributed by atoms with Crippen LogP contribution in [0.2, 0.25) is 0 Å². The van der Waals surface area contributed by atoms with Gasteiger partial charge in [0.25, 0.3) is 17.5 Å². The van der Waals surface area contributed by atoms with E-state index in [1.54, 1.807) is 12.1 Å². The van der Waals surface area contributed by atoms with Crippen LogP contribution in [0.4, 0.5) is 15.8 Å². The molecular formula is C21H15FN4O4. The summed E-state index contributed by atoms with van der Waals surface area (Å²) in [6.45, 7) is 0. The van der Waals surface area contributed by atoms with Gasteiger partial charge in [-0.3, -0.25) is 19.7 Å². The standard InChI is InChI=1S/C21H15FN4O4/c22-17-9-7-14(8-10-17)13-23-25-21(28)15-3-1-5-18(11-15)24-20(27)16-4-2-6-19(12-16)26(29)30/h1-13H,(H,24,27)(H,25,28). The van der Waals surface area contributed by atoms with Crippen molar-refractivity contribution in [1.82, 2.24) is 5.43 Å². The van der Waals surface area contributed by atoms with Crippen molar-refractivity contribution in [2.45, 2.75) is 0 Å². The number of nitro benzene ring substituents is 1. The Kier molecular flexibility index (Phi) is 6.23. The summed E-state index contributed by atoms with van der Waals surface area (Å²) in [5, 5.41) is 17.3. The monoisotopic (exact) mass is 406 g/mol. The molecule has 0 radical (unpaired) electrons. The Morgan fingerprint density at radius 3 is 2.30 bits per heavy atom. The van der Waals surface area contributed by atoms with Crippen LogP contribution in [0.15, 0.2) is 77.9 Å². The van der Waals surface area contributed by atoms with Crippen molar-refractivity contribution in [3.05, 3.63) is 105 Å². The fourth-order valence-electron chi connectivity index (χ4n) is 2.48. The zero-order chi connectivity index (χ0) is 21.5. The molecule has 0 saturated heterocycles. The number of carbonyl (C=O) groups is 2. The highest BCUT2D eigenvalue weighted by atomic mass is 19.1. The Bertz CT molecular complexity index is 1130. The first-order valence-corrected chi connectivity index (χ1v) is 8.67. The summed E-state index contributed by atoms with van der Waals surface area (Å²) in [4.78, 5) is 34.8. The molecule has 3 rings (SSSR count). The van der Waals surface area contributed by atoms with E-state index in [1.165, 1.54) is 60.8 Å². The normalized spacial score (nSPS) is 10.6. The van der Waals surface area contributed by atoms with Gasteiger partial charge in [-0.15, -0.1) is 0 Å². The quantitative estimate of drug-likeness (QED) is 0.369. The number of amides is 2. The highest BCUT2D eigenvalue weighted by Crippen LogP contribution is 2.16. The fourth-order valence-corrected chi connectivity index (χ4v) is 2.48. The third-order valence-corrected chi connectivity index (χ3v) is 3.95. The van der Waals surface area contributed by atoms with Gasteiger partial charge >= 0.3 is 0 Å². The molecule has 9 heteroatoms. The first-order chi connectivity index (χ1) is 14.4. The second kappa shape index (κ2) is 9.20. The van der Waals surface area contributed by atoms with E-state index < -0.39 is 16.7 Å². The first kappa shape index (κ1) is 20.3. The number of anilines is 1. The van der Waals surface area contributed by atoms with Crippen molar-refractivity contribution >= 4 is 29.4 Å². The maximum absolute atomic E-state index is 12.9. The van der Waals surface area contributed by atoms with Crippen molar-refractivity contribution < 1.29 is 18.9 Å². The van der Waals surface area contributed by atoms with Crippen LogP contribution in [-0.2, 0) is 0 Å². The number of nitrogens with zero attached hydrogens (tertiary/aromatic N) is 2. The fraction of sp³-hybridized carbons (Fsp3) is 0. The minimum Gasteiger partial charge on any atom is -0.322 e. The number of rotatable bonds is 6. The van der Waals surface area contributed by atoms with Crippen molar-refractivity contribution in [3.63, 3.8) is 0 Å². The van der Waals surface area contributed by atoms with Crippen LogP contribution in [0.1, 0.15) is 26.3 Å². The molecule has 0 fully saturated rings. The van der Waals surface area contributed by atoms with Crippen LogP contribution in [-0.4, -0.2) is 23.0 Å². The highest BCUT2D eigenvalue weighted by molar-refractivity contribution is 6.05. The topological polar surface area (TPSA) is 114 Å². The average molecular weight is 406 g/mol. The molecule has 0 unspecified atom stereocenters. The molecule has 2 N–H and O–H groups in total. The van der Waals surface area contributed by atoms with E-state index >= 15 is 0 Å². The summed E-state index contributed by atoms with van der Waals surface area (Å²) in [6.07, 6.45) is 1.37. The molecule has 0 spiro atoms. The van der Waals surface area contributed by atoms with Crippen LogP contribution < -0.4 is 10.7 Å². The molecular weight excluding hydrogens is 391 g/mol. The Labute approximate surface area is 170 Å². The maximum atomic E-state index is 12.9. The zero-order valence-corrected chi connectivity index (χ0v) is 15.4. The highest BCUT2D eigenvalue weighted by Gasteiger charge is 2.12. The van der Waals surface area contributed by atoms with E-state index in [4.69, 9.17) is 0 Å². The molecule has 0 aliphatic rings. The predicted octanol–water partition coefficient (Wildman–Crippen LogP) is 3.75. The molecule has 30 heavy (non-hydrogen) atoms. The van der Waals surface area contributed by atoms with Crippen molar-refractivity contribution in [2.75, 3.05) is 5.32 Å². The largest absolute Gasteiger partial charge is 0.322 e. The third kappa shape index (κ3) is 5.32. The number of benzene rings is 3. The van der Waals surface area contributed by atoms with Crippen LogP contribution in [0.25, 0.3) is 0 Å². The van der Waals surface area contributed by atoms with E-state index in [-0.39, 0.29) is 22.6 Å². The van der Waals surface area contributed by atoms with Crippen molar-refractivity contribution in [1.29, 1.82) is 0 Å². The number of non-ortho nitro benzene ring substituents is 1. The second-order valence-corrected chi connectivity index (χ2v) is 6.09. The summed E-state index contributed by atoms with van der Waals surface area (Å²) in [5.41, 5.74) is 3.44. The third-order valence-electron chi connectivity index (χ3n) is 3.95. The Hall–Kier alpha value is -4.40. The van der Waals surface area contributed by atoms with Gasteiger partial charge in [0.05, 0.1) is 11.1 Å². The van der Waals surface area contributed by atoms with Gasteiger partial charge in [-0.05, 0) is 42.0 Å². The minimum atomic E-state index is -0.589. The lowest BCUT2D eigenvalue weighted by atomic mass is 10.1. The van der Waals surface area contributed by atoms with Crippen molar-refractivity contribution in [3.8, 4) is 0 Å². The zero-order valence-electron chi connectivity index (χ0n) is 15.4. The van der Waals surface area contributed by atoms with Gasteiger partial charge < -0.3 is 5.32 Å². The van der Waals surface area contributed by atoms with E-state index in [0.717, 1.165) is 6.07 Å². The van der Waals surface area contributed by atoms with E-state index in [1.807, 2.05) is 0 Å². The number of hydrogen-bond donors (Lipinski definition) is 2. The van der Waals surface area contributed by atoms with Gasteiger partial charge in [0.1, 0.15) is 5.82 Å². The molecule has 0 atom stereocenters. The summed E-state index contributed by atoms with van der Waals surface area (Å²) < 4.78 is 12.9. The smallest absolute Gasteiger partial charge is 0.271 e. The van der Waals surface area contributed by atoms with Gasteiger partial charge in [0.2, 0.25) is 0 Å². The van der Waals surface area contributed by atoms with E-state index in [0.29, 0.717) is 11.3 Å². The van der Waals surface area contributed by atoms with Crippen LogP contribution in [0.5, 0.6) is 0 Å². The molecule has 150 valence electrons. The van der Waals surface area contributed by atoms with Gasteiger partial charge in [0, 0.05) is 28.9 Å². The number of halogens is 1. The Morgan fingerprint density at radius 1 is 0.933 bits per heavy atom. The second-order valence-electron chi connectivity index (χ2n) is 6.09. The number of nitrogens with one attached hydrogen (secondary N) is 2. The maximum Gasteiger partial charge on any atom is 0.271 e. The summed E-state index contributed by atoms with van der Waals surface area (Å²) in [7, 11) is 0. The van der Waals surface area contributed by atoms with Gasteiger partial charge in [-0.25, -0.2) is 9.82 Å². The Balaban J connectivity index is 1.65. The molecule has 0 bridgehead atoms. The van der Waals surface area contributed by atoms with Crippen LogP contribution >= 0.6 is 0 Å². The molecule has 3 aromatic rings. The number of hydrazone groups is 1. The molecule has 0 aliphatic heterocycles. The lowest BCUT2D eigenvalue weighted by Gasteiger charge is -2.07. The number of carbonyl (C=O) groups excluding carboxylic acids is 2. The predicted molar refractivity (Wildman–Crippen MR) is 109 cm³/mol. The lowest BCUT2D eigenvalue weighted by molar-refractivity contribution is -0.384. The molecule has 8 nitrogen and oxygen atoms in total. The van der Waals surface area contributed by atoms with Gasteiger partial charge in [0.15, 0.2) is 0 Å². The summed E-state index contributed by atoms with van der Waals surface area (Å²) in [5.74, 6) is -1.44. The summed E-state index contributed by atoms with van der Waals surface area (Å²) in [6, 6.07) is 17.0. The van der Waals surface area contributed by atoms with Crippen LogP contribution in [0, 0.1) is 15.9 Å². The molecule has 3 aromatic carbocycles. The molecule has 0 heterocycles. The minimum absolute atomic E-state index is 0.114. The average Bonchev–Trinajstić information content (AvgIpc) is 2.75. The van der Waals surface area contributed by atoms with Gasteiger partial charge in [-0.1, -0.05) is 24.3 Å². The van der Waals surface area contributed by atoms with Crippen LogP contribution in [0.3, 0.4) is 0 Å². The molecule has 0 aromatic heterocycles. The number of nitro groups is 1. The summed E-state index contributed by atoms with van der Waals surface area (Å²) >= 11 is 0. The van der Waals surface area contributed by atoms with Crippen molar-refractivity contribution in [2.24, 2.45) is 5.10 Å². The van der Waals surface area contributed by atoms with E-state index in [2.05, 4.69) is 15.8 Å². The molecule has 0 saturated carbocycles.